The number of benzene rings is 1. The fourth-order valence-electron chi connectivity index (χ4n) is 3.83. The Hall–Kier alpha value is -2.30. The molecule has 0 radical (unpaired) electrons. The van der Waals surface area contributed by atoms with Crippen molar-refractivity contribution in [1.82, 2.24) is 9.55 Å². The summed E-state index contributed by atoms with van der Waals surface area (Å²) in [6.07, 6.45) is -1.69. The zero-order chi connectivity index (χ0) is 26.6. The van der Waals surface area contributed by atoms with Gasteiger partial charge < -0.3 is 19.1 Å². The van der Waals surface area contributed by atoms with E-state index in [1.165, 1.54) is 4.57 Å². The largest absolute Gasteiger partial charge is 0.463 e. The van der Waals surface area contributed by atoms with Crippen LogP contribution in [0.4, 0.5) is 0 Å². The van der Waals surface area contributed by atoms with E-state index < -0.39 is 49.5 Å². The van der Waals surface area contributed by atoms with Crippen LogP contribution in [-0.4, -0.2) is 51.7 Å². The molecule has 0 aliphatic carbocycles. The van der Waals surface area contributed by atoms with Gasteiger partial charge in [0.05, 0.1) is 30.9 Å². The van der Waals surface area contributed by atoms with Crippen molar-refractivity contribution in [3.8, 4) is 5.75 Å². The Morgan fingerprint density at radius 2 is 1.94 bits per heavy atom. The molecule has 0 spiro atoms. The second kappa shape index (κ2) is 11.8. The van der Waals surface area contributed by atoms with Gasteiger partial charge >= 0.3 is 19.3 Å². The first-order chi connectivity index (χ1) is 16.9. The number of nitrogens with one attached hydrogen (secondary N) is 1. The number of esters is 1. The minimum atomic E-state index is -3.89. The van der Waals surface area contributed by atoms with Crippen LogP contribution in [0.3, 0.4) is 0 Å². The van der Waals surface area contributed by atoms with Gasteiger partial charge in [-0.2, -0.15) is 0 Å². The molecule has 1 aromatic heterocycles. The molecule has 6 atom stereocenters. The molecule has 1 aliphatic heterocycles. The predicted octanol–water partition coefficient (Wildman–Crippen LogP) is 3.99. The fourth-order valence-corrected chi connectivity index (χ4v) is 5.84. The normalized spacial score (nSPS) is 24.3. The fraction of sp³-hybridized carbons (Fsp3) is 0.542. The molecule has 1 aromatic carbocycles. The number of aryl methyl sites for hydroxylation is 1. The van der Waals surface area contributed by atoms with E-state index in [4.69, 9.17) is 30.7 Å². The molecular weight excluding hydrogens is 507 g/mol. The van der Waals surface area contributed by atoms with E-state index in [9.17, 15) is 19.3 Å². The first kappa shape index (κ1) is 28.3. The van der Waals surface area contributed by atoms with E-state index in [2.05, 4.69) is 4.98 Å². The lowest BCUT2D eigenvalue weighted by molar-refractivity contribution is -0.151. The van der Waals surface area contributed by atoms with Crippen molar-refractivity contribution in [2.45, 2.75) is 59.2 Å². The molecule has 0 saturated carbocycles. The van der Waals surface area contributed by atoms with Crippen molar-refractivity contribution in [2.24, 2.45) is 11.8 Å². The van der Waals surface area contributed by atoms with E-state index in [1.54, 1.807) is 71.1 Å². The van der Waals surface area contributed by atoms with Gasteiger partial charge in [-0.15, -0.1) is 0 Å². The number of para-hydroxylation sites is 1. The Balaban J connectivity index is 1.77. The van der Waals surface area contributed by atoms with Crippen molar-refractivity contribution < 1.29 is 33.0 Å². The minimum absolute atomic E-state index is 0.233. The second-order valence-electron chi connectivity index (χ2n) is 9.27. The summed E-state index contributed by atoms with van der Waals surface area (Å²) in [7, 11) is -3.89. The number of H-pyrrole nitrogens is 1. The van der Waals surface area contributed by atoms with Crippen molar-refractivity contribution in [3.63, 3.8) is 0 Å². The lowest BCUT2D eigenvalue weighted by Gasteiger charge is -2.24. The van der Waals surface area contributed by atoms with E-state index in [1.807, 2.05) is 0 Å². The lowest BCUT2D eigenvalue weighted by atomic mass is 10.0. The van der Waals surface area contributed by atoms with Crippen LogP contribution in [0.2, 0.25) is 0 Å². The number of aromatic amines is 1. The molecule has 1 unspecified atom stereocenters. The molecule has 198 valence electrons. The monoisotopic (exact) mass is 540 g/mol. The quantitative estimate of drug-likeness (QED) is 0.261. The number of hydrogen-bond acceptors (Lipinski definition) is 9. The lowest BCUT2D eigenvalue weighted by Crippen LogP contribution is -2.31. The maximum absolute atomic E-state index is 13.8. The van der Waals surface area contributed by atoms with Crippen LogP contribution in [0, 0.1) is 23.4 Å². The number of carbonyl (C=O) groups is 1. The number of hydrogen-bond donors (Lipinski definition) is 2. The molecule has 0 amide bonds. The number of ether oxygens (including phenoxy) is 2. The summed E-state index contributed by atoms with van der Waals surface area (Å²) in [5, 5.41) is 10.8. The zero-order valence-corrected chi connectivity index (χ0v) is 22.7. The summed E-state index contributed by atoms with van der Waals surface area (Å²) in [4.78, 5) is 27.4. The van der Waals surface area contributed by atoms with Crippen LogP contribution >= 0.6 is 19.8 Å². The summed E-state index contributed by atoms with van der Waals surface area (Å²) >= 11 is 5.11. The van der Waals surface area contributed by atoms with Crippen LogP contribution in [-0.2, 0) is 23.4 Å². The average Bonchev–Trinajstić information content (AvgIpc) is 3.08. The molecule has 2 N–H and O–H groups in total. The Labute approximate surface area is 215 Å². The maximum atomic E-state index is 13.8. The molecule has 1 saturated heterocycles. The second-order valence-corrected chi connectivity index (χ2v) is 11.7. The van der Waals surface area contributed by atoms with Crippen LogP contribution in [0.25, 0.3) is 0 Å². The highest BCUT2D eigenvalue weighted by atomic mass is 32.1. The van der Waals surface area contributed by atoms with E-state index in [0.29, 0.717) is 16.0 Å². The van der Waals surface area contributed by atoms with Crippen molar-refractivity contribution in [1.29, 1.82) is 0 Å². The first-order valence-electron chi connectivity index (χ1n) is 11.7. The van der Waals surface area contributed by atoms with Gasteiger partial charge in [-0.1, -0.05) is 44.3 Å². The van der Waals surface area contributed by atoms with Gasteiger partial charge in [-0.3, -0.25) is 18.9 Å². The Morgan fingerprint density at radius 3 is 2.58 bits per heavy atom. The summed E-state index contributed by atoms with van der Waals surface area (Å²) in [6, 6.07) is 8.47. The molecule has 12 heteroatoms. The van der Waals surface area contributed by atoms with E-state index in [0.717, 1.165) is 0 Å². The standard InChI is InChI=1S/C24H33N2O8PS/c1-14(2)32-23(28)16(4)13-35(30,34-18-9-7-6-8-10-18)31-12-19-20(27)17(5)22(33-19)26-11-15(3)21(36)25-24(26)29/h6-11,14,16-17,19-20,22,27H,12-13H2,1-5H3,(H,25,29,36)/t16-,17-,19+,20?,22+,35+/m1/s1. The molecule has 1 fully saturated rings. The van der Waals surface area contributed by atoms with Gasteiger partial charge in [0, 0.05) is 17.7 Å². The van der Waals surface area contributed by atoms with Gasteiger partial charge in [0.25, 0.3) is 0 Å². The van der Waals surface area contributed by atoms with Gasteiger partial charge in [0.1, 0.15) is 22.7 Å². The van der Waals surface area contributed by atoms with Gasteiger partial charge in [0.2, 0.25) is 0 Å². The number of rotatable bonds is 10. The van der Waals surface area contributed by atoms with Gasteiger partial charge in [-0.25, -0.2) is 9.36 Å². The third kappa shape index (κ3) is 6.92. The molecule has 2 aromatic rings. The Morgan fingerprint density at radius 1 is 1.28 bits per heavy atom. The van der Waals surface area contributed by atoms with Crippen LogP contribution in [0.15, 0.2) is 41.3 Å². The number of nitrogens with zero attached hydrogens (tertiary/aromatic N) is 1. The highest BCUT2D eigenvalue weighted by molar-refractivity contribution is 7.71. The Kier molecular flexibility index (Phi) is 9.29. The molecule has 0 bridgehead atoms. The number of aliphatic hydroxyl groups excluding tert-OH is 1. The van der Waals surface area contributed by atoms with E-state index in [-0.39, 0.29) is 18.9 Å². The SMILES string of the molecule is Cc1cn([C@H]2O[C@@H](CO[P@@](=O)(C[C@@H](C)C(=O)OC(C)C)Oc3ccccc3)C(O)[C@H]2C)c(=O)[nH]c1=S. The van der Waals surface area contributed by atoms with Gasteiger partial charge in [-0.05, 0) is 32.9 Å². The molecule has 10 nitrogen and oxygen atoms in total. The molecule has 2 heterocycles. The van der Waals surface area contributed by atoms with Gasteiger partial charge in [0.15, 0.2) is 0 Å². The van der Waals surface area contributed by atoms with Crippen LogP contribution in [0.5, 0.6) is 5.75 Å². The Bertz CT molecular complexity index is 1210. The van der Waals surface area contributed by atoms with Crippen molar-refractivity contribution >= 4 is 25.8 Å². The smallest absolute Gasteiger partial charge is 0.380 e. The van der Waals surface area contributed by atoms with E-state index >= 15 is 0 Å². The number of aromatic nitrogens is 2. The summed E-state index contributed by atoms with van der Waals surface area (Å²) in [5.74, 6) is -1.45. The summed E-state index contributed by atoms with van der Waals surface area (Å²) in [5.41, 5.74) is 0.212. The number of aliphatic hydroxyl groups is 1. The average molecular weight is 541 g/mol. The van der Waals surface area contributed by atoms with Crippen LogP contribution < -0.4 is 10.2 Å². The summed E-state index contributed by atoms with van der Waals surface area (Å²) in [6.45, 7) is 8.25. The highest BCUT2D eigenvalue weighted by Crippen LogP contribution is 2.51. The third-order valence-electron chi connectivity index (χ3n) is 5.78. The maximum Gasteiger partial charge on any atom is 0.380 e. The third-order valence-corrected chi connectivity index (χ3v) is 8.23. The summed E-state index contributed by atoms with van der Waals surface area (Å²) < 4.78 is 38.1. The molecular formula is C24H33N2O8PS. The topological polar surface area (TPSA) is 129 Å². The van der Waals surface area contributed by atoms with Crippen LogP contribution in [0.1, 0.15) is 39.5 Å². The first-order valence-corrected chi connectivity index (χ1v) is 13.9. The minimum Gasteiger partial charge on any atom is -0.463 e. The van der Waals surface area contributed by atoms with Crippen molar-refractivity contribution in [2.75, 3.05) is 12.8 Å². The number of carbonyl (C=O) groups excluding carboxylic acids is 1. The zero-order valence-electron chi connectivity index (χ0n) is 21.0. The predicted molar refractivity (Wildman–Crippen MR) is 136 cm³/mol. The van der Waals surface area contributed by atoms with Crippen molar-refractivity contribution in [3.05, 3.63) is 57.2 Å². The molecule has 36 heavy (non-hydrogen) atoms. The highest BCUT2D eigenvalue weighted by Gasteiger charge is 2.44. The molecule has 1 aliphatic rings. The molecule has 3 rings (SSSR count).